The molecule has 0 saturated carbocycles. The minimum atomic E-state index is -0.231. The van der Waals surface area contributed by atoms with Gasteiger partial charge in [-0.2, -0.15) is 0 Å². The van der Waals surface area contributed by atoms with Gasteiger partial charge in [0.2, 0.25) is 0 Å². The fraction of sp³-hybridized carbons (Fsp3) is 0.429. The summed E-state index contributed by atoms with van der Waals surface area (Å²) in [7, 11) is 1.57. The number of amides is 1. The quantitative estimate of drug-likeness (QED) is 0.458. The molecule has 170 valence electrons. The smallest absolute Gasteiger partial charge is 0.267 e. The van der Waals surface area contributed by atoms with Crippen LogP contribution >= 0.6 is 24.0 Å². The van der Waals surface area contributed by atoms with Gasteiger partial charge >= 0.3 is 0 Å². The maximum Gasteiger partial charge on any atom is 0.267 e. The summed E-state index contributed by atoms with van der Waals surface area (Å²) in [5.74, 6) is 0.334. The lowest BCUT2D eigenvalue weighted by Crippen LogP contribution is -2.48. The third kappa shape index (κ3) is 4.57. The predicted molar refractivity (Wildman–Crippen MR) is 129 cm³/mol. The number of piperazine rings is 1. The Morgan fingerprint density at radius 3 is 2.72 bits per heavy atom. The van der Waals surface area contributed by atoms with Gasteiger partial charge in [-0.25, -0.2) is 4.98 Å². The van der Waals surface area contributed by atoms with Crippen LogP contribution < -0.4 is 10.5 Å². The Balaban J connectivity index is 1.73. The number of hydrogen-bond donors (Lipinski definition) is 1. The zero-order valence-electron chi connectivity index (χ0n) is 17.8. The maximum absolute atomic E-state index is 13.4. The number of hydrogen-bond acceptors (Lipinski definition) is 9. The summed E-state index contributed by atoms with van der Waals surface area (Å²) in [6.07, 6.45) is 3.30. The van der Waals surface area contributed by atoms with Crippen LogP contribution in [0.4, 0.5) is 5.82 Å². The number of aromatic nitrogens is 2. The Kier molecular flexibility index (Phi) is 7.21. The van der Waals surface area contributed by atoms with Crippen LogP contribution in [0.25, 0.3) is 11.7 Å². The average Bonchev–Trinajstić information content (AvgIpc) is 3.07. The first-order chi connectivity index (χ1) is 15.5. The summed E-state index contributed by atoms with van der Waals surface area (Å²) in [5.41, 5.74) is 0.692. The lowest BCUT2D eigenvalue weighted by molar-refractivity contribution is -0.122. The lowest BCUT2D eigenvalue weighted by Gasteiger charge is -2.35. The molecule has 0 unspecified atom stereocenters. The lowest BCUT2D eigenvalue weighted by atomic mass is 10.2. The molecule has 0 aliphatic carbocycles. The summed E-state index contributed by atoms with van der Waals surface area (Å²) in [4.78, 5) is 37.2. The number of pyridine rings is 1. The standard InChI is InChI=1S/C21H25N5O4S2/c1-30-13-11-26-20(29)16(32-21(26)31)14-15-18(24-8-6-23(7-9-24)10-12-27)22-17-4-2-3-5-25(17)19(15)28/h2-5,14,27H,6-13H2,1H3/b16-14-. The van der Waals surface area contributed by atoms with Crippen LogP contribution in [0.2, 0.25) is 0 Å². The molecule has 1 amide bonds. The van der Waals surface area contributed by atoms with E-state index in [4.69, 9.17) is 21.9 Å². The van der Waals surface area contributed by atoms with E-state index in [9.17, 15) is 14.7 Å². The van der Waals surface area contributed by atoms with E-state index in [2.05, 4.69) is 9.80 Å². The molecule has 0 radical (unpaired) electrons. The highest BCUT2D eigenvalue weighted by molar-refractivity contribution is 8.26. The van der Waals surface area contributed by atoms with Crippen LogP contribution in [0.5, 0.6) is 0 Å². The Hall–Kier alpha value is -2.31. The number of anilines is 1. The molecule has 0 spiro atoms. The van der Waals surface area contributed by atoms with Crippen LogP contribution in [0.1, 0.15) is 5.56 Å². The molecule has 0 aromatic carbocycles. The molecule has 2 aliphatic heterocycles. The van der Waals surface area contributed by atoms with Crippen molar-refractivity contribution in [2.75, 3.05) is 64.5 Å². The van der Waals surface area contributed by atoms with E-state index in [1.807, 2.05) is 6.07 Å². The highest BCUT2D eigenvalue weighted by atomic mass is 32.2. The first-order valence-electron chi connectivity index (χ1n) is 10.4. The molecule has 2 fully saturated rings. The van der Waals surface area contributed by atoms with E-state index >= 15 is 0 Å². The second-order valence-electron chi connectivity index (χ2n) is 7.46. The van der Waals surface area contributed by atoms with Crippen LogP contribution in [0.15, 0.2) is 34.1 Å². The first kappa shape index (κ1) is 22.9. The fourth-order valence-corrected chi connectivity index (χ4v) is 5.08. The number of carbonyl (C=O) groups excluding carboxylic acids is 1. The number of aliphatic hydroxyl groups excluding tert-OH is 1. The molecule has 2 saturated heterocycles. The minimum Gasteiger partial charge on any atom is -0.395 e. The Labute approximate surface area is 195 Å². The third-order valence-corrected chi connectivity index (χ3v) is 6.88. The molecule has 0 atom stereocenters. The van der Waals surface area contributed by atoms with Crippen molar-refractivity contribution in [3.8, 4) is 0 Å². The van der Waals surface area contributed by atoms with Crippen molar-refractivity contribution in [3.05, 3.63) is 45.2 Å². The van der Waals surface area contributed by atoms with Crippen molar-refractivity contribution in [1.82, 2.24) is 19.2 Å². The largest absolute Gasteiger partial charge is 0.395 e. The van der Waals surface area contributed by atoms with E-state index < -0.39 is 0 Å². The predicted octanol–water partition coefficient (Wildman–Crippen LogP) is 0.656. The number of thiocarbonyl (C=S) groups is 1. The van der Waals surface area contributed by atoms with Gasteiger partial charge in [0, 0.05) is 46.0 Å². The molecule has 2 aromatic rings. The number of aliphatic hydroxyl groups is 1. The SMILES string of the molecule is COCCN1C(=O)/C(=C/c2c(N3CCN(CCO)CC3)nc3ccccn3c2=O)SC1=S. The van der Waals surface area contributed by atoms with E-state index in [1.54, 1.807) is 31.5 Å². The van der Waals surface area contributed by atoms with E-state index in [-0.39, 0.29) is 18.1 Å². The van der Waals surface area contributed by atoms with Crippen LogP contribution in [0.3, 0.4) is 0 Å². The van der Waals surface area contributed by atoms with Crippen LogP contribution in [-0.4, -0.2) is 94.1 Å². The molecular formula is C21H25N5O4S2. The van der Waals surface area contributed by atoms with Crippen molar-refractivity contribution < 1.29 is 14.6 Å². The van der Waals surface area contributed by atoms with Gasteiger partial charge in [0.1, 0.15) is 15.8 Å². The first-order valence-corrected chi connectivity index (χ1v) is 11.6. The van der Waals surface area contributed by atoms with Gasteiger partial charge in [-0.3, -0.25) is 23.8 Å². The molecule has 0 bridgehead atoms. The second kappa shape index (κ2) is 10.1. The highest BCUT2D eigenvalue weighted by Gasteiger charge is 2.33. The number of β-amino-alcohol motifs (C(OH)–C–C–N with tert-alkyl or cyclic N) is 1. The van der Waals surface area contributed by atoms with Gasteiger partial charge in [-0.05, 0) is 18.2 Å². The summed E-state index contributed by atoms with van der Waals surface area (Å²) < 4.78 is 7.01. The van der Waals surface area contributed by atoms with Gasteiger partial charge in [0.25, 0.3) is 11.5 Å². The zero-order chi connectivity index (χ0) is 22.7. The van der Waals surface area contributed by atoms with Crippen molar-refractivity contribution in [2.24, 2.45) is 0 Å². The van der Waals surface area contributed by atoms with Gasteiger partial charge in [-0.1, -0.05) is 30.0 Å². The van der Waals surface area contributed by atoms with Crippen molar-refractivity contribution >= 4 is 51.7 Å². The molecule has 2 aliphatic rings. The highest BCUT2D eigenvalue weighted by Crippen LogP contribution is 2.33. The Morgan fingerprint density at radius 2 is 2.00 bits per heavy atom. The number of fused-ring (bicyclic) bond motifs is 1. The van der Waals surface area contributed by atoms with E-state index in [0.717, 1.165) is 13.1 Å². The molecular weight excluding hydrogens is 450 g/mol. The summed E-state index contributed by atoms with van der Waals surface area (Å²) in [5, 5.41) is 9.21. The van der Waals surface area contributed by atoms with Crippen LogP contribution in [-0.2, 0) is 9.53 Å². The minimum absolute atomic E-state index is 0.117. The Bertz CT molecular complexity index is 1110. The van der Waals surface area contributed by atoms with E-state index in [0.29, 0.717) is 59.0 Å². The number of ether oxygens (including phenoxy) is 1. The van der Waals surface area contributed by atoms with Crippen molar-refractivity contribution in [3.63, 3.8) is 0 Å². The number of methoxy groups -OCH3 is 1. The third-order valence-electron chi connectivity index (χ3n) is 5.51. The van der Waals surface area contributed by atoms with Gasteiger partial charge in [0.15, 0.2) is 0 Å². The summed E-state index contributed by atoms with van der Waals surface area (Å²) in [6.45, 7) is 4.35. The molecule has 4 rings (SSSR count). The molecule has 11 heteroatoms. The van der Waals surface area contributed by atoms with E-state index in [1.165, 1.54) is 21.1 Å². The topological polar surface area (TPSA) is 90.6 Å². The Morgan fingerprint density at radius 1 is 1.22 bits per heavy atom. The fourth-order valence-electron chi connectivity index (χ4n) is 3.79. The zero-order valence-corrected chi connectivity index (χ0v) is 19.4. The van der Waals surface area contributed by atoms with Crippen molar-refractivity contribution in [2.45, 2.75) is 0 Å². The monoisotopic (exact) mass is 475 g/mol. The molecule has 4 heterocycles. The number of carbonyl (C=O) groups is 1. The summed E-state index contributed by atoms with van der Waals surface area (Å²) >= 11 is 6.55. The second-order valence-corrected chi connectivity index (χ2v) is 9.14. The van der Waals surface area contributed by atoms with Gasteiger partial charge < -0.3 is 14.7 Å². The normalized spacial score (nSPS) is 19.0. The molecule has 9 nitrogen and oxygen atoms in total. The number of rotatable bonds is 7. The molecule has 32 heavy (non-hydrogen) atoms. The van der Waals surface area contributed by atoms with Crippen molar-refractivity contribution in [1.29, 1.82) is 0 Å². The maximum atomic E-state index is 13.4. The van der Waals surface area contributed by atoms with Crippen LogP contribution in [0, 0.1) is 0 Å². The average molecular weight is 476 g/mol. The number of nitrogens with zero attached hydrogens (tertiary/aromatic N) is 5. The molecule has 2 aromatic heterocycles. The number of thioether (sulfide) groups is 1. The van der Waals surface area contributed by atoms with Gasteiger partial charge in [-0.15, -0.1) is 0 Å². The summed E-state index contributed by atoms with van der Waals surface area (Å²) in [6, 6.07) is 5.41. The van der Waals surface area contributed by atoms with Gasteiger partial charge in [0.05, 0.1) is 30.2 Å². The molecule has 1 N–H and O–H groups in total.